The fourth-order valence-electron chi connectivity index (χ4n) is 2.13. The molecule has 1 aromatic rings. The molecule has 19 heavy (non-hydrogen) atoms. The predicted molar refractivity (Wildman–Crippen MR) is 62.0 cm³/mol. The molecule has 6 heteroatoms. The molecule has 1 aromatic carbocycles. The summed E-state index contributed by atoms with van der Waals surface area (Å²) in [6.07, 6.45) is -2.86. The Morgan fingerprint density at radius 3 is 2.32 bits per heavy atom. The van der Waals surface area contributed by atoms with E-state index in [-0.39, 0.29) is 11.5 Å². The number of halogens is 3. The highest BCUT2D eigenvalue weighted by Gasteiger charge is 2.33. The second kappa shape index (κ2) is 5.69. The zero-order chi connectivity index (χ0) is 13.9. The van der Waals surface area contributed by atoms with Gasteiger partial charge in [-0.15, -0.1) is 13.2 Å². The maximum Gasteiger partial charge on any atom is 0.573 e. The van der Waals surface area contributed by atoms with E-state index in [1.54, 1.807) is 6.07 Å². The summed E-state index contributed by atoms with van der Waals surface area (Å²) in [5, 5.41) is 9.77. The lowest BCUT2D eigenvalue weighted by molar-refractivity contribution is -0.275. The quantitative estimate of drug-likeness (QED) is 0.920. The van der Waals surface area contributed by atoms with E-state index in [4.69, 9.17) is 4.74 Å². The minimum absolute atomic E-state index is 0.00535. The van der Waals surface area contributed by atoms with E-state index in [2.05, 4.69) is 4.74 Å². The molecule has 2 atom stereocenters. The summed E-state index contributed by atoms with van der Waals surface area (Å²) < 4.78 is 46.1. The van der Waals surface area contributed by atoms with Gasteiger partial charge in [0.1, 0.15) is 6.10 Å². The van der Waals surface area contributed by atoms with Crippen molar-refractivity contribution in [2.24, 2.45) is 0 Å². The van der Waals surface area contributed by atoms with Gasteiger partial charge in [0.2, 0.25) is 0 Å². The summed E-state index contributed by atoms with van der Waals surface area (Å²) in [5.74, 6) is -0.376. The predicted octanol–water partition coefficient (Wildman–Crippen LogP) is 3.27. The van der Waals surface area contributed by atoms with Crippen molar-refractivity contribution in [3.63, 3.8) is 0 Å². The van der Waals surface area contributed by atoms with Gasteiger partial charge in [0.25, 0.3) is 0 Å². The molecule has 0 aromatic heterocycles. The Kier molecular flexibility index (Phi) is 4.19. The molecule has 0 unspecified atom stereocenters. The van der Waals surface area contributed by atoms with Gasteiger partial charge in [0, 0.05) is 0 Å². The molecule has 0 heterocycles. The van der Waals surface area contributed by atoms with Crippen molar-refractivity contribution in [1.29, 1.82) is 0 Å². The SMILES string of the molecule is O[C@@H]1CCCC[C@H]1Oc1ccccc1OC(F)(F)F. The normalized spacial score (nSPS) is 24.0. The lowest BCUT2D eigenvalue weighted by atomic mass is 9.95. The van der Waals surface area contributed by atoms with Crippen molar-refractivity contribution in [1.82, 2.24) is 0 Å². The van der Waals surface area contributed by atoms with Gasteiger partial charge in [0.15, 0.2) is 11.5 Å². The number of benzene rings is 1. The van der Waals surface area contributed by atoms with Crippen LogP contribution in [-0.4, -0.2) is 23.7 Å². The third-order valence-electron chi connectivity index (χ3n) is 3.02. The Hall–Kier alpha value is -1.43. The van der Waals surface area contributed by atoms with Gasteiger partial charge >= 0.3 is 6.36 Å². The van der Waals surface area contributed by atoms with E-state index in [1.165, 1.54) is 18.2 Å². The Labute approximate surface area is 108 Å². The number of alkyl halides is 3. The van der Waals surface area contributed by atoms with Crippen molar-refractivity contribution >= 4 is 0 Å². The molecular formula is C13H15F3O3. The second-order valence-electron chi connectivity index (χ2n) is 4.50. The summed E-state index contributed by atoms with van der Waals surface area (Å²) in [6.45, 7) is 0. The molecule has 106 valence electrons. The standard InChI is InChI=1S/C13H15F3O3/c14-13(15,16)19-12-8-4-3-7-11(12)18-10-6-2-1-5-9(10)17/h3-4,7-10,17H,1-2,5-6H2/t9-,10-/m1/s1. The van der Waals surface area contributed by atoms with Crippen molar-refractivity contribution < 1.29 is 27.8 Å². The molecule has 0 bridgehead atoms. The van der Waals surface area contributed by atoms with Gasteiger partial charge < -0.3 is 14.6 Å². The molecule has 1 saturated carbocycles. The van der Waals surface area contributed by atoms with E-state index in [9.17, 15) is 18.3 Å². The molecular weight excluding hydrogens is 261 g/mol. The van der Waals surface area contributed by atoms with Crippen LogP contribution in [0.2, 0.25) is 0 Å². The van der Waals surface area contributed by atoms with Crippen LogP contribution >= 0.6 is 0 Å². The lowest BCUT2D eigenvalue weighted by Gasteiger charge is -2.28. The molecule has 1 fully saturated rings. The molecule has 2 rings (SSSR count). The van der Waals surface area contributed by atoms with Crippen LogP contribution < -0.4 is 9.47 Å². The van der Waals surface area contributed by atoms with Gasteiger partial charge in [-0.3, -0.25) is 0 Å². The highest BCUT2D eigenvalue weighted by Crippen LogP contribution is 2.34. The van der Waals surface area contributed by atoms with Crippen molar-refractivity contribution in [3.05, 3.63) is 24.3 Å². The molecule has 1 N–H and O–H groups in total. The Morgan fingerprint density at radius 2 is 1.68 bits per heavy atom. The van der Waals surface area contributed by atoms with Gasteiger partial charge in [-0.05, 0) is 31.4 Å². The van der Waals surface area contributed by atoms with E-state index in [0.29, 0.717) is 12.8 Å². The number of hydrogen-bond donors (Lipinski definition) is 1. The number of hydrogen-bond acceptors (Lipinski definition) is 3. The Morgan fingerprint density at radius 1 is 1.05 bits per heavy atom. The van der Waals surface area contributed by atoms with Crippen LogP contribution in [0.1, 0.15) is 25.7 Å². The number of rotatable bonds is 3. The fraction of sp³-hybridized carbons (Fsp3) is 0.538. The molecule has 1 aliphatic rings. The van der Waals surface area contributed by atoms with Crippen molar-refractivity contribution in [2.45, 2.75) is 44.3 Å². The van der Waals surface area contributed by atoms with Crippen LogP contribution in [0.15, 0.2) is 24.3 Å². The van der Waals surface area contributed by atoms with E-state index < -0.39 is 18.6 Å². The number of ether oxygens (including phenoxy) is 2. The molecule has 0 amide bonds. The number of para-hydroxylation sites is 2. The Balaban J connectivity index is 2.11. The maximum absolute atomic E-state index is 12.2. The van der Waals surface area contributed by atoms with Crippen LogP contribution in [0.5, 0.6) is 11.5 Å². The number of aliphatic hydroxyl groups excluding tert-OH is 1. The van der Waals surface area contributed by atoms with Crippen LogP contribution in [0.25, 0.3) is 0 Å². The molecule has 0 spiro atoms. The highest BCUT2D eigenvalue weighted by molar-refractivity contribution is 5.39. The average Bonchev–Trinajstić information content (AvgIpc) is 2.33. The first-order valence-corrected chi connectivity index (χ1v) is 6.15. The molecule has 3 nitrogen and oxygen atoms in total. The average molecular weight is 276 g/mol. The van der Waals surface area contributed by atoms with E-state index in [1.807, 2.05) is 0 Å². The van der Waals surface area contributed by atoms with Gasteiger partial charge in [-0.25, -0.2) is 0 Å². The Bertz CT molecular complexity index is 420. The maximum atomic E-state index is 12.2. The third-order valence-corrected chi connectivity index (χ3v) is 3.02. The fourth-order valence-corrected chi connectivity index (χ4v) is 2.13. The zero-order valence-electron chi connectivity index (χ0n) is 10.2. The van der Waals surface area contributed by atoms with E-state index in [0.717, 1.165) is 12.8 Å². The van der Waals surface area contributed by atoms with Crippen molar-refractivity contribution in [2.75, 3.05) is 0 Å². The summed E-state index contributed by atoms with van der Waals surface area (Å²) in [7, 11) is 0. The van der Waals surface area contributed by atoms with Gasteiger partial charge in [-0.2, -0.15) is 0 Å². The minimum Gasteiger partial charge on any atom is -0.484 e. The van der Waals surface area contributed by atoms with E-state index >= 15 is 0 Å². The summed E-state index contributed by atoms with van der Waals surface area (Å²) in [4.78, 5) is 0. The molecule has 0 saturated heterocycles. The highest BCUT2D eigenvalue weighted by atomic mass is 19.4. The van der Waals surface area contributed by atoms with Crippen LogP contribution in [0.4, 0.5) is 13.2 Å². The second-order valence-corrected chi connectivity index (χ2v) is 4.50. The summed E-state index contributed by atoms with van der Waals surface area (Å²) in [5.41, 5.74) is 0. The smallest absolute Gasteiger partial charge is 0.484 e. The molecule has 1 aliphatic carbocycles. The zero-order valence-corrected chi connectivity index (χ0v) is 10.2. The molecule has 0 aliphatic heterocycles. The monoisotopic (exact) mass is 276 g/mol. The first-order valence-electron chi connectivity index (χ1n) is 6.15. The lowest BCUT2D eigenvalue weighted by Crippen LogP contribution is -2.34. The summed E-state index contributed by atoms with van der Waals surface area (Å²) >= 11 is 0. The summed E-state index contributed by atoms with van der Waals surface area (Å²) in [6, 6.07) is 5.60. The largest absolute Gasteiger partial charge is 0.573 e. The number of aliphatic hydroxyl groups is 1. The topological polar surface area (TPSA) is 38.7 Å². The van der Waals surface area contributed by atoms with Crippen LogP contribution in [-0.2, 0) is 0 Å². The van der Waals surface area contributed by atoms with Crippen LogP contribution in [0.3, 0.4) is 0 Å². The first-order chi connectivity index (χ1) is 8.96. The van der Waals surface area contributed by atoms with Crippen LogP contribution in [0, 0.1) is 0 Å². The first kappa shape index (κ1) is 14.0. The molecule has 0 radical (unpaired) electrons. The van der Waals surface area contributed by atoms with Gasteiger partial charge in [-0.1, -0.05) is 18.6 Å². The minimum atomic E-state index is -4.76. The van der Waals surface area contributed by atoms with Crippen molar-refractivity contribution in [3.8, 4) is 11.5 Å². The van der Waals surface area contributed by atoms with Gasteiger partial charge in [0.05, 0.1) is 6.10 Å². The third kappa shape index (κ3) is 4.02.